The Bertz CT molecular complexity index is 561. The molecule has 1 aromatic carbocycles. The highest BCUT2D eigenvalue weighted by atomic mass is 16.4. The van der Waals surface area contributed by atoms with Crippen LogP contribution in [0.5, 0.6) is 0 Å². The maximum atomic E-state index is 10.6. The van der Waals surface area contributed by atoms with Crippen LogP contribution in [0.25, 0.3) is 10.9 Å². The molecule has 0 aliphatic rings. The fourth-order valence-electron chi connectivity index (χ4n) is 1.82. The van der Waals surface area contributed by atoms with Crippen molar-refractivity contribution in [3.63, 3.8) is 0 Å². The zero-order valence-electron chi connectivity index (χ0n) is 9.32. The number of benzene rings is 1. The quantitative estimate of drug-likeness (QED) is 0.837. The van der Waals surface area contributed by atoms with Crippen LogP contribution in [0, 0.1) is 13.8 Å². The molecule has 0 radical (unpaired) electrons. The highest BCUT2D eigenvalue weighted by molar-refractivity contribution is 5.83. The summed E-state index contributed by atoms with van der Waals surface area (Å²) >= 11 is 0. The Kier molecular flexibility index (Phi) is 2.60. The summed E-state index contributed by atoms with van der Waals surface area (Å²) < 4.78 is 0. The molecule has 0 aliphatic heterocycles. The van der Waals surface area contributed by atoms with Crippen molar-refractivity contribution < 1.29 is 9.90 Å². The molecule has 3 nitrogen and oxygen atoms in total. The van der Waals surface area contributed by atoms with Gasteiger partial charge in [0.2, 0.25) is 0 Å². The maximum Gasteiger partial charge on any atom is 0.309 e. The summed E-state index contributed by atoms with van der Waals surface area (Å²) in [6.45, 7) is 4.01. The molecule has 16 heavy (non-hydrogen) atoms. The van der Waals surface area contributed by atoms with Gasteiger partial charge in [-0.15, -0.1) is 0 Å². The summed E-state index contributed by atoms with van der Waals surface area (Å²) in [7, 11) is 0. The normalized spacial score (nSPS) is 10.6. The van der Waals surface area contributed by atoms with E-state index in [0.29, 0.717) is 5.69 Å². The van der Waals surface area contributed by atoms with Crippen molar-refractivity contribution in [1.29, 1.82) is 0 Å². The highest BCUT2D eigenvalue weighted by Gasteiger charge is 2.06. The zero-order chi connectivity index (χ0) is 11.7. The van der Waals surface area contributed by atoms with E-state index in [1.807, 2.05) is 32.0 Å². The third-order valence-corrected chi connectivity index (χ3v) is 2.56. The lowest BCUT2D eigenvalue weighted by Gasteiger charge is -2.05. The fraction of sp³-hybridized carbons (Fsp3) is 0.231. The van der Waals surface area contributed by atoms with Crippen LogP contribution >= 0.6 is 0 Å². The van der Waals surface area contributed by atoms with E-state index < -0.39 is 5.97 Å². The van der Waals surface area contributed by atoms with Crippen LogP contribution in [0.1, 0.15) is 16.8 Å². The lowest BCUT2D eigenvalue weighted by Crippen LogP contribution is -2.03. The first kappa shape index (κ1) is 10.6. The number of fused-ring (bicyclic) bond motifs is 1. The Labute approximate surface area is 93.7 Å². The Balaban J connectivity index is 2.59. The number of hydrogen-bond donors (Lipinski definition) is 1. The number of pyridine rings is 1. The first-order chi connectivity index (χ1) is 7.56. The Morgan fingerprint density at radius 1 is 1.31 bits per heavy atom. The molecule has 82 valence electrons. The fourth-order valence-corrected chi connectivity index (χ4v) is 1.82. The first-order valence-electron chi connectivity index (χ1n) is 5.15. The number of carbonyl (C=O) groups is 1. The molecule has 0 atom stereocenters. The van der Waals surface area contributed by atoms with Crippen LogP contribution in [0.3, 0.4) is 0 Å². The van der Waals surface area contributed by atoms with E-state index in [9.17, 15) is 4.79 Å². The third kappa shape index (κ3) is 2.03. The van der Waals surface area contributed by atoms with Gasteiger partial charge in [-0.2, -0.15) is 0 Å². The largest absolute Gasteiger partial charge is 0.481 e. The van der Waals surface area contributed by atoms with E-state index in [2.05, 4.69) is 11.1 Å². The molecule has 1 aromatic heterocycles. The van der Waals surface area contributed by atoms with Gasteiger partial charge in [0.15, 0.2) is 0 Å². The average molecular weight is 215 g/mol. The number of nitrogens with zero attached hydrogens (tertiary/aromatic N) is 1. The van der Waals surface area contributed by atoms with Gasteiger partial charge in [-0.1, -0.05) is 11.6 Å². The monoisotopic (exact) mass is 215 g/mol. The predicted molar refractivity (Wildman–Crippen MR) is 62.6 cm³/mol. The number of carboxylic acids is 1. The van der Waals surface area contributed by atoms with Gasteiger partial charge in [0.05, 0.1) is 17.6 Å². The predicted octanol–water partition coefficient (Wildman–Crippen LogP) is 2.48. The van der Waals surface area contributed by atoms with Gasteiger partial charge in [-0.05, 0) is 37.6 Å². The Morgan fingerprint density at radius 2 is 2.06 bits per heavy atom. The molecule has 2 rings (SSSR count). The Morgan fingerprint density at radius 3 is 2.75 bits per heavy atom. The SMILES string of the molecule is Cc1ccc2nc(CC(=O)O)cc(C)c2c1. The van der Waals surface area contributed by atoms with Crippen molar-refractivity contribution in [3.05, 3.63) is 41.1 Å². The van der Waals surface area contributed by atoms with Crippen molar-refractivity contribution in [2.45, 2.75) is 20.3 Å². The number of aryl methyl sites for hydroxylation is 2. The number of rotatable bonds is 2. The standard InChI is InChI=1S/C13H13NO2/c1-8-3-4-12-11(5-8)9(2)6-10(14-12)7-13(15)16/h3-6H,7H2,1-2H3,(H,15,16). The van der Waals surface area contributed by atoms with Gasteiger partial charge in [0.25, 0.3) is 0 Å². The minimum absolute atomic E-state index is 0.0232. The van der Waals surface area contributed by atoms with E-state index in [0.717, 1.165) is 16.5 Å². The molecular weight excluding hydrogens is 202 g/mol. The second-order valence-corrected chi connectivity index (χ2v) is 4.02. The van der Waals surface area contributed by atoms with Crippen LogP contribution in [0.15, 0.2) is 24.3 Å². The zero-order valence-corrected chi connectivity index (χ0v) is 9.32. The van der Waals surface area contributed by atoms with Gasteiger partial charge >= 0.3 is 5.97 Å². The first-order valence-corrected chi connectivity index (χ1v) is 5.15. The van der Waals surface area contributed by atoms with Crippen LogP contribution in [-0.2, 0) is 11.2 Å². The smallest absolute Gasteiger partial charge is 0.309 e. The summed E-state index contributed by atoms with van der Waals surface area (Å²) in [5, 5.41) is 9.83. The van der Waals surface area contributed by atoms with Crippen LogP contribution in [-0.4, -0.2) is 16.1 Å². The van der Waals surface area contributed by atoms with E-state index in [1.165, 1.54) is 5.56 Å². The molecule has 0 amide bonds. The molecule has 1 heterocycles. The number of aliphatic carboxylic acids is 1. The number of aromatic nitrogens is 1. The molecule has 0 fully saturated rings. The second-order valence-electron chi connectivity index (χ2n) is 4.02. The summed E-state index contributed by atoms with van der Waals surface area (Å²) in [6.07, 6.45) is -0.0232. The molecule has 3 heteroatoms. The van der Waals surface area contributed by atoms with Crippen molar-refractivity contribution in [2.24, 2.45) is 0 Å². The third-order valence-electron chi connectivity index (χ3n) is 2.56. The summed E-state index contributed by atoms with van der Waals surface area (Å²) in [5.74, 6) is -0.849. The highest BCUT2D eigenvalue weighted by Crippen LogP contribution is 2.19. The van der Waals surface area contributed by atoms with Crippen LogP contribution < -0.4 is 0 Å². The van der Waals surface area contributed by atoms with E-state index in [4.69, 9.17) is 5.11 Å². The molecule has 0 spiro atoms. The van der Waals surface area contributed by atoms with Crippen molar-refractivity contribution in [2.75, 3.05) is 0 Å². The minimum atomic E-state index is -0.849. The van der Waals surface area contributed by atoms with Crippen molar-refractivity contribution >= 4 is 16.9 Å². The average Bonchev–Trinajstić information content (AvgIpc) is 2.18. The molecule has 0 unspecified atom stereocenters. The van der Waals surface area contributed by atoms with Crippen LogP contribution in [0.4, 0.5) is 0 Å². The van der Waals surface area contributed by atoms with Gasteiger partial charge in [0.1, 0.15) is 0 Å². The number of hydrogen-bond acceptors (Lipinski definition) is 2. The maximum absolute atomic E-state index is 10.6. The lowest BCUT2D eigenvalue weighted by atomic mass is 10.1. The molecule has 0 saturated carbocycles. The topological polar surface area (TPSA) is 50.2 Å². The molecule has 2 aromatic rings. The molecule has 1 N–H and O–H groups in total. The summed E-state index contributed by atoms with van der Waals surface area (Å²) in [5.41, 5.74) is 3.73. The van der Waals surface area contributed by atoms with Gasteiger partial charge in [0, 0.05) is 5.39 Å². The van der Waals surface area contributed by atoms with Crippen LogP contribution in [0.2, 0.25) is 0 Å². The Hall–Kier alpha value is -1.90. The van der Waals surface area contributed by atoms with E-state index >= 15 is 0 Å². The summed E-state index contributed by atoms with van der Waals surface area (Å²) in [4.78, 5) is 15.0. The molecule has 0 aliphatic carbocycles. The van der Waals surface area contributed by atoms with E-state index in [-0.39, 0.29) is 6.42 Å². The minimum Gasteiger partial charge on any atom is -0.481 e. The molecule has 0 bridgehead atoms. The lowest BCUT2D eigenvalue weighted by molar-refractivity contribution is -0.136. The summed E-state index contributed by atoms with van der Waals surface area (Å²) in [6, 6.07) is 7.83. The molecule has 0 saturated heterocycles. The van der Waals surface area contributed by atoms with E-state index in [1.54, 1.807) is 0 Å². The van der Waals surface area contributed by atoms with Gasteiger partial charge < -0.3 is 5.11 Å². The molecular formula is C13H13NO2. The number of carboxylic acid groups (broad SMARTS) is 1. The van der Waals surface area contributed by atoms with Gasteiger partial charge in [-0.25, -0.2) is 0 Å². The second kappa shape index (κ2) is 3.93. The van der Waals surface area contributed by atoms with Gasteiger partial charge in [-0.3, -0.25) is 9.78 Å². The van der Waals surface area contributed by atoms with Crippen molar-refractivity contribution in [1.82, 2.24) is 4.98 Å². The van der Waals surface area contributed by atoms with Crippen molar-refractivity contribution in [3.8, 4) is 0 Å².